The highest BCUT2D eigenvalue weighted by molar-refractivity contribution is 5.95. The maximum atomic E-state index is 13.6. The number of aromatic amines is 1. The smallest absolute Gasteiger partial charge is 0.239 e. The van der Waals surface area contributed by atoms with Gasteiger partial charge in [-0.25, -0.2) is 4.39 Å². The molecule has 0 saturated heterocycles. The number of hydrogen-bond donors (Lipinski definition) is 5. The number of H-pyrrole nitrogens is 1. The van der Waals surface area contributed by atoms with Crippen LogP contribution in [0.1, 0.15) is 23.6 Å². The second-order valence-electron chi connectivity index (χ2n) is 7.51. The molecule has 8 heteroatoms. The quantitative estimate of drug-likeness (QED) is 0.268. The van der Waals surface area contributed by atoms with Crippen molar-refractivity contribution in [2.24, 2.45) is 11.7 Å². The molecule has 0 aliphatic rings. The highest BCUT2D eigenvalue weighted by atomic mass is 19.1. The fourth-order valence-electron chi connectivity index (χ4n) is 3.43. The minimum absolute atomic E-state index is 0.0136. The number of aromatic nitrogens is 1. The lowest BCUT2D eigenvalue weighted by Gasteiger charge is -2.13. The van der Waals surface area contributed by atoms with Crippen molar-refractivity contribution in [3.05, 3.63) is 71.2 Å². The maximum Gasteiger partial charge on any atom is 0.239 e. The number of halogens is 1. The Balaban J connectivity index is 1.42. The molecule has 1 heterocycles. The molecule has 0 radical (unpaired) electrons. The number of fused-ring (bicyclic) bond motifs is 1. The second-order valence-corrected chi connectivity index (χ2v) is 7.51. The number of nitrogens with one attached hydrogen (secondary N) is 4. The van der Waals surface area contributed by atoms with E-state index in [0.29, 0.717) is 24.9 Å². The van der Waals surface area contributed by atoms with Crippen molar-refractivity contribution in [2.45, 2.75) is 19.8 Å². The van der Waals surface area contributed by atoms with Gasteiger partial charge in [-0.3, -0.25) is 15.0 Å². The first-order valence-electron chi connectivity index (χ1n) is 10.1. The predicted molar refractivity (Wildman–Crippen MR) is 118 cm³/mol. The van der Waals surface area contributed by atoms with E-state index >= 15 is 0 Å². The predicted octanol–water partition coefficient (Wildman–Crippen LogP) is 2.24. The number of nitrogens with two attached hydrogens (primary N) is 1. The summed E-state index contributed by atoms with van der Waals surface area (Å²) in [6.07, 6.45) is 2.96. The van der Waals surface area contributed by atoms with Crippen molar-refractivity contribution in [1.82, 2.24) is 15.6 Å². The Morgan fingerprint density at radius 1 is 1.19 bits per heavy atom. The number of rotatable bonds is 9. The molecule has 1 atom stereocenters. The summed E-state index contributed by atoms with van der Waals surface area (Å²) in [4.78, 5) is 27.6. The summed E-state index contributed by atoms with van der Waals surface area (Å²) in [6.45, 7) is 2.08. The van der Waals surface area contributed by atoms with Crippen molar-refractivity contribution in [3.8, 4) is 0 Å². The van der Waals surface area contributed by atoms with Crippen LogP contribution in [-0.4, -0.2) is 35.7 Å². The monoisotopic (exact) mass is 423 g/mol. The SMILES string of the molecule is CC(Cc1ccc(F)c(C(=N)N)c1)C(=O)NCC(=O)NCCc1c[nH]c2ccccc12. The molecule has 1 unspecified atom stereocenters. The Morgan fingerprint density at radius 2 is 1.97 bits per heavy atom. The molecule has 6 N–H and O–H groups in total. The van der Waals surface area contributed by atoms with Crippen LogP contribution in [0.4, 0.5) is 4.39 Å². The molecule has 0 spiro atoms. The van der Waals surface area contributed by atoms with E-state index in [2.05, 4.69) is 15.6 Å². The average molecular weight is 423 g/mol. The van der Waals surface area contributed by atoms with Gasteiger partial charge in [0.1, 0.15) is 11.7 Å². The molecule has 3 aromatic rings. The number of carbonyl (C=O) groups excluding carboxylic acids is 2. The Morgan fingerprint density at radius 3 is 2.74 bits per heavy atom. The van der Waals surface area contributed by atoms with Gasteiger partial charge < -0.3 is 21.4 Å². The van der Waals surface area contributed by atoms with E-state index < -0.39 is 11.7 Å². The molecule has 2 amide bonds. The van der Waals surface area contributed by atoms with E-state index in [1.165, 1.54) is 12.1 Å². The van der Waals surface area contributed by atoms with Crippen molar-refractivity contribution < 1.29 is 14.0 Å². The van der Waals surface area contributed by atoms with E-state index in [1.807, 2.05) is 30.5 Å². The Kier molecular flexibility index (Phi) is 7.02. The first-order valence-corrected chi connectivity index (χ1v) is 10.1. The first kappa shape index (κ1) is 22.0. The van der Waals surface area contributed by atoms with Crippen LogP contribution in [0, 0.1) is 17.1 Å². The van der Waals surface area contributed by atoms with Gasteiger partial charge in [0, 0.05) is 29.6 Å². The van der Waals surface area contributed by atoms with E-state index in [4.69, 9.17) is 11.1 Å². The van der Waals surface area contributed by atoms with Gasteiger partial charge in [-0.1, -0.05) is 31.2 Å². The zero-order valence-electron chi connectivity index (χ0n) is 17.3. The fourth-order valence-corrected chi connectivity index (χ4v) is 3.43. The van der Waals surface area contributed by atoms with Gasteiger partial charge >= 0.3 is 0 Å². The molecule has 0 aliphatic heterocycles. The normalized spacial score (nSPS) is 11.8. The molecule has 3 rings (SSSR count). The van der Waals surface area contributed by atoms with E-state index in [9.17, 15) is 14.0 Å². The molecule has 2 aromatic carbocycles. The summed E-state index contributed by atoms with van der Waals surface area (Å²) in [5.41, 5.74) is 8.26. The Hall–Kier alpha value is -3.68. The van der Waals surface area contributed by atoms with Crippen LogP contribution in [-0.2, 0) is 22.4 Å². The van der Waals surface area contributed by atoms with Crippen LogP contribution >= 0.6 is 0 Å². The largest absolute Gasteiger partial charge is 0.384 e. The second kappa shape index (κ2) is 9.88. The molecule has 7 nitrogen and oxygen atoms in total. The third-order valence-corrected chi connectivity index (χ3v) is 5.13. The van der Waals surface area contributed by atoms with Gasteiger partial charge in [0.05, 0.1) is 12.1 Å². The number of amides is 2. The summed E-state index contributed by atoms with van der Waals surface area (Å²) in [6, 6.07) is 12.2. The highest BCUT2D eigenvalue weighted by Crippen LogP contribution is 2.17. The van der Waals surface area contributed by atoms with Crippen LogP contribution in [0.25, 0.3) is 10.9 Å². The molecule has 162 valence electrons. The van der Waals surface area contributed by atoms with Crippen LogP contribution in [0.3, 0.4) is 0 Å². The molecule has 0 bridgehead atoms. The molecule has 1 aromatic heterocycles. The van der Waals surface area contributed by atoms with E-state index in [0.717, 1.165) is 16.5 Å². The fraction of sp³-hybridized carbons (Fsp3) is 0.261. The summed E-state index contributed by atoms with van der Waals surface area (Å²) in [7, 11) is 0. The van der Waals surface area contributed by atoms with Gasteiger partial charge in [0.15, 0.2) is 0 Å². The van der Waals surface area contributed by atoms with Gasteiger partial charge in [-0.15, -0.1) is 0 Å². The number of nitrogen functional groups attached to an aromatic ring is 1. The average Bonchev–Trinajstić information content (AvgIpc) is 3.16. The number of benzene rings is 2. The topological polar surface area (TPSA) is 124 Å². The van der Waals surface area contributed by atoms with Crippen LogP contribution in [0.5, 0.6) is 0 Å². The summed E-state index contributed by atoms with van der Waals surface area (Å²) in [5, 5.41) is 14.0. The van der Waals surface area contributed by atoms with Crippen LogP contribution < -0.4 is 16.4 Å². The molecule has 31 heavy (non-hydrogen) atoms. The standard InChI is InChI=1S/C23H26FN5O2/c1-14(10-15-6-7-19(24)18(11-15)22(25)26)23(31)29-13-21(30)27-9-8-16-12-28-20-5-3-2-4-17(16)20/h2-7,11-12,14,28H,8-10,13H2,1H3,(H3,25,26)(H,27,30)(H,29,31). The number of amidine groups is 1. The summed E-state index contributed by atoms with van der Waals surface area (Å²) < 4.78 is 13.6. The van der Waals surface area contributed by atoms with Crippen LogP contribution in [0.2, 0.25) is 0 Å². The third-order valence-electron chi connectivity index (χ3n) is 5.13. The van der Waals surface area contributed by atoms with Gasteiger partial charge in [0.25, 0.3) is 0 Å². The number of hydrogen-bond acceptors (Lipinski definition) is 3. The Bertz CT molecular complexity index is 1110. The number of carbonyl (C=O) groups is 2. The highest BCUT2D eigenvalue weighted by Gasteiger charge is 2.16. The molecule has 0 saturated carbocycles. The van der Waals surface area contributed by atoms with E-state index in [-0.39, 0.29) is 29.8 Å². The minimum Gasteiger partial charge on any atom is -0.384 e. The lowest BCUT2D eigenvalue weighted by atomic mass is 9.98. The molecular formula is C23H26FN5O2. The molecular weight excluding hydrogens is 397 g/mol. The number of para-hydroxylation sites is 1. The summed E-state index contributed by atoms with van der Waals surface area (Å²) in [5.74, 6) is -1.90. The third kappa shape index (κ3) is 5.69. The minimum atomic E-state index is -0.572. The van der Waals surface area contributed by atoms with E-state index in [1.54, 1.807) is 13.0 Å². The van der Waals surface area contributed by atoms with Crippen molar-refractivity contribution >= 4 is 28.6 Å². The van der Waals surface area contributed by atoms with Gasteiger partial charge in [-0.2, -0.15) is 0 Å². The van der Waals surface area contributed by atoms with Crippen molar-refractivity contribution in [3.63, 3.8) is 0 Å². The first-order chi connectivity index (χ1) is 14.8. The van der Waals surface area contributed by atoms with Gasteiger partial charge in [-0.05, 0) is 42.2 Å². The maximum absolute atomic E-state index is 13.6. The Labute approximate surface area is 179 Å². The summed E-state index contributed by atoms with van der Waals surface area (Å²) >= 11 is 0. The van der Waals surface area contributed by atoms with Crippen LogP contribution in [0.15, 0.2) is 48.7 Å². The molecule has 0 fully saturated rings. The van der Waals surface area contributed by atoms with Gasteiger partial charge in [0.2, 0.25) is 11.8 Å². The lowest BCUT2D eigenvalue weighted by molar-refractivity contribution is -0.128. The molecule has 0 aliphatic carbocycles. The lowest BCUT2D eigenvalue weighted by Crippen LogP contribution is -2.40. The zero-order valence-corrected chi connectivity index (χ0v) is 17.3. The van der Waals surface area contributed by atoms with Crippen molar-refractivity contribution in [2.75, 3.05) is 13.1 Å². The zero-order chi connectivity index (χ0) is 22.4. The van der Waals surface area contributed by atoms with Crippen molar-refractivity contribution in [1.29, 1.82) is 5.41 Å².